The Balaban J connectivity index is 2.87. The summed E-state index contributed by atoms with van der Waals surface area (Å²) in [6.45, 7) is 3.65. The van der Waals surface area contributed by atoms with Crippen molar-refractivity contribution < 1.29 is 4.92 Å². The fourth-order valence-corrected chi connectivity index (χ4v) is 0.930. The molecule has 0 atom stereocenters. The second kappa shape index (κ2) is 4.99. The fourth-order valence-electron chi connectivity index (χ4n) is 0.930. The first-order valence-corrected chi connectivity index (χ1v) is 4.38. The Morgan fingerprint density at radius 3 is 2.80 bits per heavy atom. The summed E-state index contributed by atoms with van der Waals surface area (Å²) in [4.78, 5) is 10.0. The van der Waals surface area contributed by atoms with Gasteiger partial charge in [-0.15, -0.1) is 0 Å². The summed E-state index contributed by atoms with van der Waals surface area (Å²) in [6, 6.07) is 6.23. The molecule has 0 aliphatic rings. The van der Waals surface area contributed by atoms with Crippen molar-refractivity contribution in [2.75, 3.05) is 0 Å². The molecule has 0 aliphatic heterocycles. The summed E-state index contributed by atoms with van der Waals surface area (Å²) in [5, 5.41) is 18.1. The summed E-state index contributed by atoms with van der Waals surface area (Å²) < 4.78 is 0. The molecule has 15 heavy (non-hydrogen) atoms. The van der Waals surface area contributed by atoms with Crippen LogP contribution in [0.2, 0.25) is 0 Å². The van der Waals surface area contributed by atoms with Crippen LogP contribution in [0, 0.1) is 10.1 Å². The van der Waals surface area contributed by atoms with E-state index in [-0.39, 0.29) is 5.69 Å². The average Bonchev–Trinajstić information content (AvgIpc) is 2.17. The SMILES string of the molecule is CC(C)=NN=Cc1cccc([N+](=O)[O-])c1. The van der Waals surface area contributed by atoms with Gasteiger partial charge in [0.25, 0.3) is 5.69 Å². The van der Waals surface area contributed by atoms with Crippen LogP contribution < -0.4 is 0 Å². The zero-order valence-electron chi connectivity index (χ0n) is 8.54. The molecule has 1 rings (SSSR count). The number of hydrogen-bond acceptors (Lipinski definition) is 4. The van der Waals surface area contributed by atoms with Gasteiger partial charge in [-0.25, -0.2) is 0 Å². The van der Waals surface area contributed by atoms with Crippen molar-refractivity contribution in [1.29, 1.82) is 0 Å². The molecule has 0 unspecified atom stereocenters. The molecule has 0 bridgehead atoms. The van der Waals surface area contributed by atoms with Crippen LogP contribution in [0.1, 0.15) is 19.4 Å². The molecular formula is C10H11N3O2. The lowest BCUT2D eigenvalue weighted by atomic mass is 10.2. The second-order valence-electron chi connectivity index (χ2n) is 3.14. The fraction of sp³-hybridized carbons (Fsp3) is 0.200. The van der Waals surface area contributed by atoms with Gasteiger partial charge in [-0.05, 0) is 13.8 Å². The quantitative estimate of drug-likeness (QED) is 0.432. The van der Waals surface area contributed by atoms with Gasteiger partial charge in [0.15, 0.2) is 0 Å². The molecule has 5 heteroatoms. The molecule has 0 N–H and O–H groups in total. The lowest BCUT2D eigenvalue weighted by Crippen LogP contribution is -1.89. The predicted octanol–water partition coefficient (Wildman–Crippen LogP) is 2.41. The molecule has 0 radical (unpaired) electrons. The van der Waals surface area contributed by atoms with E-state index in [4.69, 9.17) is 0 Å². The number of hydrogen-bond donors (Lipinski definition) is 0. The highest BCUT2D eigenvalue weighted by Crippen LogP contribution is 2.11. The van der Waals surface area contributed by atoms with E-state index in [1.165, 1.54) is 18.3 Å². The van der Waals surface area contributed by atoms with E-state index < -0.39 is 4.92 Å². The van der Waals surface area contributed by atoms with Crippen LogP contribution in [-0.4, -0.2) is 16.8 Å². The summed E-state index contributed by atoms with van der Waals surface area (Å²) >= 11 is 0. The smallest absolute Gasteiger partial charge is 0.258 e. The molecule has 1 aromatic rings. The average molecular weight is 205 g/mol. The number of benzene rings is 1. The van der Waals surface area contributed by atoms with Crippen molar-refractivity contribution in [1.82, 2.24) is 0 Å². The van der Waals surface area contributed by atoms with Gasteiger partial charge in [-0.2, -0.15) is 10.2 Å². The highest BCUT2D eigenvalue weighted by atomic mass is 16.6. The van der Waals surface area contributed by atoms with Gasteiger partial charge < -0.3 is 0 Å². The number of nitro groups is 1. The van der Waals surface area contributed by atoms with E-state index in [1.54, 1.807) is 12.1 Å². The Morgan fingerprint density at radius 1 is 1.47 bits per heavy atom. The van der Waals surface area contributed by atoms with Crippen molar-refractivity contribution in [2.45, 2.75) is 13.8 Å². The standard InChI is InChI=1S/C10H11N3O2/c1-8(2)12-11-7-9-4-3-5-10(6-9)13(14)15/h3-7H,1-2H3. The molecule has 1 aromatic carbocycles. The van der Waals surface area contributed by atoms with Gasteiger partial charge >= 0.3 is 0 Å². The van der Waals surface area contributed by atoms with E-state index >= 15 is 0 Å². The van der Waals surface area contributed by atoms with E-state index in [0.717, 1.165) is 5.71 Å². The Labute approximate surface area is 87.3 Å². The van der Waals surface area contributed by atoms with Gasteiger partial charge in [0.05, 0.1) is 11.1 Å². The Bertz CT molecular complexity index is 420. The minimum absolute atomic E-state index is 0.0520. The van der Waals surface area contributed by atoms with Crippen LogP contribution in [0.5, 0.6) is 0 Å². The number of nitrogens with zero attached hydrogens (tertiary/aromatic N) is 3. The van der Waals surface area contributed by atoms with Crippen molar-refractivity contribution in [3.8, 4) is 0 Å². The summed E-state index contributed by atoms with van der Waals surface area (Å²) in [7, 11) is 0. The summed E-state index contributed by atoms with van der Waals surface area (Å²) in [6.07, 6.45) is 1.49. The van der Waals surface area contributed by atoms with E-state index in [9.17, 15) is 10.1 Å². The number of nitro benzene ring substituents is 1. The van der Waals surface area contributed by atoms with Crippen LogP contribution in [0.3, 0.4) is 0 Å². The largest absolute Gasteiger partial charge is 0.270 e. The summed E-state index contributed by atoms with van der Waals surface area (Å²) in [5.74, 6) is 0. The monoisotopic (exact) mass is 205 g/mol. The molecule has 0 fully saturated rings. The molecule has 0 heterocycles. The Morgan fingerprint density at radius 2 is 2.20 bits per heavy atom. The molecule has 0 aliphatic carbocycles. The van der Waals surface area contributed by atoms with Crippen molar-refractivity contribution in [3.63, 3.8) is 0 Å². The molecule has 5 nitrogen and oxygen atoms in total. The third kappa shape index (κ3) is 3.68. The maximum absolute atomic E-state index is 10.5. The molecule has 78 valence electrons. The van der Waals surface area contributed by atoms with E-state index in [2.05, 4.69) is 10.2 Å². The number of rotatable bonds is 3. The lowest BCUT2D eigenvalue weighted by molar-refractivity contribution is -0.384. The van der Waals surface area contributed by atoms with Crippen LogP contribution in [0.15, 0.2) is 34.5 Å². The van der Waals surface area contributed by atoms with Crippen molar-refractivity contribution in [3.05, 3.63) is 39.9 Å². The first kappa shape index (κ1) is 11.0. The zero-order valence-corrected chi connectivity index (χ0v) is 8.54. The second-order valence-corrected chi connectivity index (χ2v) is 3.14. The highest BCUT2D eigenvalue weighted by Gasteiger charge is 2.03. The van der Waals surface area contributed by atoms with Gasteiger partial charge in [-0.3, -0.25) is 10.1 Å². The minimum Gasteiger partial charge on any atom is -0.258 e. The van der Waals surface area contributed by atoms with E-state index in [0.29, 0.717) is 5.56 Å². The molecule has 0 saturated heterocycles. The molecule has 0 saturated carbocycles. The van der Waals surface area contributed by atoms with Crippen LogP contribution in [0.4, 0.5) is 5.69 Å². The van der Waals surface area contributed by atoms with Gasteiger partial charge in [0, 0.05) is 23.4 Å². The van der Waals surface area contributed by atoms with E-state index in [1.807, 2.05) is 13.8 Å². The molecule has 0 amide bonds. The van der Waals surface area contributed by atoms with Crippen LogP contribution in [-0.2, 0) is 0 Å². The first-order chi connectivity index (χ1) is 7.09. The van der Waals surface area contributed by atoms with Gasteiger partial charge in [-0.1, -0.05) is 12.1 Å². The normalized spacial score (nSPS) is 10.3. The minimum atomic E-state index is -0.439. The third-order valence-corrected chi connectivity index (χ3v) is 1.55. The first-order valence-electron chi connectivity index (χ1n) is 4.38. The molecule has 0 spiro atoms. The number of non-ortho nitro benzene ring substituents is 1. The lowest BCUT2D eigenvalue weighted by Gasteiger charge is -1.92. The topological polar surface area (TPSA) is 67.9 Å². The highest BCUT2D eigenvalue weighted by molar-refractivity contribution is 5.83. The maximum Gasteiger partial charge on any atom is 0.270 e. The van der Waals surface area contributed by atoms with Gasteiger partial charge in [0.2, 0.25) is 0 Å². The van der Waals surface area contributed by atoms with Gasteiger partial charge in [0.1, 0.15) is 0 Å². The predicted molar refractivity (Wildman–Crippen MR) is 59.5 cm³/mol. The maximum atomic E-state index is 10.5. The van der Waals surface area contributed by atoms with Crippen molar-refractivity contribution in [2.24, 2.45) is 10.2 Å². The van der Waals surface area contributed by atoms with Crippen LogP contribution >= 0.6 is 0 Å². The summed E-state index contributed by atoms with van der Waals surface area (Å²) in [5.41, 5.74) is 1.54. The molecular weight excluding hydrogens is 194 g/mol. The molecule has 0 aromatic heterocycles. The third-order valence-electron chi connectivity index (χ3n) is 1.55. The van der Waals surface area contributed by atoms with Crippen LogP contribution in [0.25, 0.3) is 0 Å². The zero-order chi connectivity index (χ0) is 11.3. The Hall–Kier alpha value is -2.04. The van der Waals surface area contributed by atoms with Crippen molar-refractivity contribution >= 4 is 17.6 Å². The Kier molecular flexibility index (Phi) is 3.68.